The van der Waals surface area contributed by atoms with Gasteiger partial charge in [0.05, 0.1) is 6.54 Å². The molecule has 0 saturated heterocycles. The molecular formula is C26H46N4O2. The van der Waals surface area contributed by atoms with E-state index in [-0.39, 0.29) is 28.8 Å². The third-order valence-corrected chi connectivity index (χ3v) is 5.43. The molecule has 0 spiro atoms. The summed E-state index contributed by atoms with van der Waals surface area (Å²) in [6.07, 6.45) is 7.25. The van der Waals surface area contributed by atoms with Crippen molar-refractivity contribution >= 4 is 5.91 Å². The number of pyridine rings is 1. The predicted molar refractivity (Wildman–Crippen MR) is 140 cm³/mol. The number of benzene rings is 1. The fourth-order valence-electron chi connectivity index (χ4n) is 3.55. The molecule has 0 bridgehead atoms. The van der Waals surface area contributed by atoms with Crippen molar-refractivity contribution in [3.05, 3.63) is 81.8 Å². The summed E-state index contributed by atoms with van der Waals surface area (Å²) in [7, 11) is 0. The molecule has 6 nitrogen and oxygen atoms in total. The van der Waals surface area contributed by atoms with E-state index >= 15 is 0 Å². The summed E-state index contributed by atoms with van der Waals surface area (Å²) in [6, 6.07) is 11.4. The van der Waals surface area contributed by atoms with Gasteiger partial charge >= 0.3 is 0 Å². The Kier molecular flexibility index (Phi) is 9.42. The van der Waals surface area contributed by atoms with Gasteiger partial charge in [0.25, 0.3) is 11.5 Å². The van der Waals surface area contributed by atoms with Crippen LogP contribution in [0.4, 0.5) is 0 Å². The monoisotopic (exact) mass is 446 g/mol. The van der Waals surface area contributed by atoms with Crippen LogP contribution in [0.25, 0.3) is 0 Å². The molecule has 0 fully saturated rings. The number of nitrogens with two attached hydrogens (primary N) is 1. The molecule has 3 rings (SSSR count). The predicted octanol–water partition coefficient (Wildman–Crippen LogP) is 4.74. The van der Waals surface area contributed by atoms with Gasteiger partial charge in [0.2, 0.25) is 0 Å². The number of rotatable bonds is 10. The zero-order valence-electron chi connectivity index (χ0n) is 20.0. The van der Waals surface area contributed by atoms with Crippen molar-refractivity contribution in [3.8, 4) is 0 Å². The lowest BCUT2D eigenvalue weighted by molar-refractivity contribution is 0.0936. The smallest absolute Gasteiger partial charge is 0.263 e. The first-order valence-corrected chi connectivity index (χ1v) is 11.6. The highest BCUT2D eigenvalue weighted by Crippen LogP contribution is 2.19. The summed E-state index contributed by atoms with van der Waals surface area (Å²) in [4.78, 5) is 25.6. The third-order valence-electron chi connectivity index (χ3n) is 5.43. The van der Waals surface area contributed by atoms with Crippen molar-refractivity contribution in [2.75, 3.05) is 6.54 Å². The van der Waals surface area contributed by atoms with Crippen molar-refractivity contribution < 1.29 is 10.5 Å². The Morgan fingerprint density at radius 3 is 2.47 bits per heavy atom. The molecule has 0 radical (unpaired) electrons. The fraction of sp³-hybridized carbons (Fsp3) is 0.462. The lowest BCUT2D eigenvalue weighted by Gasteiger charge is -2.17. The van der Waals surface area contributed by atoms with Crippen LogP contribution >= 0.6 is 0 Å². The number of nitrogens with zero attached hydrogens (tertiary/aromatic N) is 1. The van der Waals surface area contributed by atoms with Gasteiger partial charge in [0.15, 0.2) is 0 Å². The van der Waals surface area contributed by atoms with Gasteiger partial charge in [-0.25, -0.2) is 0 Å². The SMILES string of the molecule is CC.CC(C)c1ccccc1Cn1cccc(C(=O)N[C@H](C)CCCNC2(N)C=C2)c1=O.[HH].[HH].[HH].[HH]. The third kappa shape index (κ3) is 7.18. The summed E-state index contributed by atoms with van der Waals surface area (Å²) in [5.41, 5.74) is 7.70. The maximum atomic E-state index is 12.9. The molecule has 0 unspecified atom stereocenters. The zero-order chi connectivity index (χ0) is 23.7. The second kappa shape index (κ2) is 11.8. The van der Waals surface area contributed by atoms with Crippen molar-refractivity contribution in [2.45, 2.75) is 71.6 Å². The minimum atomic E-state index is -0.407. The van der Waals surface area contributed by atoms with Gasteiger partial charge in [-0.3, -0.25) is 14.9 Å². The second-order valence-corrected chi connectivity index (χ2v) is 8.42. The Morgan fingerprint density at radius 2 is 1.81 bits per heavy atom. The Bertz CT molecular complexity index is 990. The summed E-state index contributed by atoms with van der Waals surface area (Å²) in [5, 5.41) is 6.17. The average Bonchev–Trinajstić information content (AvgIpc) is 3.51. The fourth-order valence-corrected chi connectivity index (χ4v) is 3.55. The van der Waals surface area contributed by atoms with E-state index in [9.17, 15) is 9.59 Å². The maximum Gasteiger partial charge on any atom is 0.263 e. The molecule has 2 aromatic rings. The molecule has 32 heavy (non-hydrogen) atoms. The second-order valence-electron chi connectivity index (χ2n) is 8.42. The van der Waals surface area contributed by atoms with Crippen molar-refractivity contribution in [3.63, 3.8) is 0 Å². The van der Waals surface area contributed by atoms with Crippen LogP contribution in [0.15, 0.2) is 59.5 Å². The van der Waals surface area contributed by atoms with Gasteiger partial charge in [-0.15, -0.1) is 0 Å². The maximum absolute atomic E-state index is 12.9. The van der Waals surface area contributed by atoms with Crippen LogP contribution in [-0.4, -0.2) is 28.7 Å². The van der Waals surface area contributed by atoms with E-state index in [0.29, 0.717) is 12.5 Å². The average molecular weight is 447 g/mol. The van der Waals surface area contributed by atoms with Gasteiger partial charge in [-0.2, -0.15) is 0 Å². The molecule has 1 amide bonds. The van der Waals surface area contributed by atoms with Crippen LogP contribution in [0.5, 0.6) is 0 Å². The molecule has 6 heteroatoms. The normalized spacial score (nSPS) is 14.5. The molecule has 1 aromatic heterocycles. The van der Waals surface area contributed by atoms with Gasteiger partial charge in [0.1, 0.15) is 11.2 Å². The van der Waals surface area contributed by atoms with Crippen LogP contribution in [0, 0.1) is 0 Å². The standard InChI is InChI=1S/C24H32N4O2.C2H6.4H2/c1-17(2)20-10-5-4-9-19(20)16-28-15-7-11-21(23(28)30)22(29)27-18(3)8-6-14-26-24(25)12-13-24;1-2;;;;/h4-5,7,9-13,15,17-18,26H,6,8,14,16,25H2,1-3H3,(H,27,29);1-2H3;4*1H/t18-;;;;;/m1...../s1. The van der Waals surface area contributed by atoms with E-state index in [1.54, 1.807) is 22.9 Å². The Morgan fingerprint density at radius 1 is 1.12 bits per heavy atom. The van der Waals surface area contributed by atoms with Crippen molar-refractivity contribution in [1.82, 2.24) is 15.2 Å². The molecule has 0 aliphatic heterocycles. The van der Waals surface area contributed by atoms with Crippen LogP contribution in [0.2, 0.25) is 0 Å². The molecule has 1 atom stereocenters. The van der Waals surface area contributed by atoms with E-state index in [4.69, 9.17) is 5.73 Å². The highest BCUT2D eigenvalue weighted by molar-refractivity contribution is 5.93. The summed E-state index contributed by atoms with van der Waals surface area (Å²) in [6.45, 7) is 11.4. The molecule has 1 aliphatic rings. The van der Waals surface area contributed by atoms with Gasteiger partial charge in [-0.05, 0) is 67.6 Å². The molecule has 182 valence electrons. The first-order valence-electron chi connectivity index (χ1n) is 11.6. The van der Waals surface area contributed by atoms with Crippen molar-refractivity contribution in [1.29, 1.82) is 0 Å². The van der Waals surface area contributed by atoms with Crippen LogP contribution in [-0.2, 0) is 6.54 Å². The van der Waals surface area contributed by atoms with E-state index < -0.39 is 5.66 Å². The van der Waals surface area contributed by atoms with Crippen LogP contribution < -0.4 is 21.9 Å². The minimum Gasteiger partial charge on any atom is -0.349 e. The number of nitrogens with one attached hydrogen (secondary N) is 2. The Labute approximate surface area is 197 Å². The van der Waals surface area contributed by atoms with E-state index in [0.717, 1.165) is 24.9 Å². The van der Waals surface area contributed by atoms with Crippen molar-refractivity contribution in [2.24, 2.45) is 5.73 Å². The van der Waals surface area contributed by atoms with E-state index in [1.165, 1.54) is 5.56 Å². The number of aromatic nitrogens is 1. The summed E-state index contributed by atoms with van der Waals surface area (Å²) in [5.74, 6) is 0.0367. The Hall–Kier alpha value is -2.70. The molecule has 1 aliphatic carbocycles. The number of hydrogen-bond acceptors (Lipinski definition) is 4. The Balaban J connectivity index is -0.00000177. The van der Waals surface area contributed by atoms with Crippen LogP contribution in [0.1, 0.15) is 80.6 Å². The lowest BCUT2D eigenvalue weighted by Crippen LogP contribution is -2.42. The number of carbonyl (C=O) groups excluding carboxylic acids is 1. The molecular weight excluding hydrogens is 400 g/mol. The number of carbonyl (C=O) groups is 1. The van der Waals surface area contributed by atoms with E-state index in [1.807, 2.05) is 51.1 Å². The topological polar surface area (TPSA) is 89.2 Å². The largest absolute Gasteiger partial charge is 0.349 e. The minimum absolute atomic E-state index is 0. The number of amides is 1. The van der Waals surface area contributed by atoms with E-state index in [2.05, 4.69) is 30.5 Å². The summed E-state index contributed by atoms with van der Waals surface area (Å²) < 4.78 is 1.61. The first kappa shape index (κ1) is 25.6. The van der Waals surface area contributed by atoms with Gasteiger partial charge < -0.3 is 15.6 Å². The van der Waals surface area contributed by atoms with Gasteiger partial charge in [-0.1, -0.05) is 52.0 Å². The molecule has 4 N–H and O–H groups in total. The quantitative estimate of drug-likeness (QED) is 0.279. The van der Waals surface area contributed by atoms with Crippen LogP contribution in [0.3, 0.4) is 0 Å². The molecule has 0 saturated carbocycles. The summed E-state index contributed by atoms with van der Waals surface area (Å²) >= 11 is 0. The highest BCUT2D eigenvalue weighted by atomic mass is 16.2. The number of hydrogen-bond donors (Lipinski definition) is 3. The highest BCUT2D eigenvalue weighted by Gasteiger charge is 2.27. The molecule has 1 aromatic carbocycles. The first-order chi connectivity index (χ1) is 15.3. The lowest BCUT2D eigenvalue weighted by atomic mass is 9.97. The zero-order valence-corrected chi connectivity index (χ0v) is 20.0. The van der Waals surface area contributed by atoms with Gasteiger partial charge in [0, 0.05) is 17.9 Å². The molecule has 1 heterocycles.